The predicted octanol–water partition coefficient (Wildman–Crippen LogP) is 4.61. The van der Waals surface area contributed by atoms with Crippen LogP contribution in [0.3, 0.4) is 0 Å². The van der Waals surface area contributed by atoms with E-state index in [-0.39, 0.29) is 46.3 Å². The molecule has 1 unspecified atom stereocenters. The van der Waals surface area contributed by atoms with Crippen molar-refractivity contribution in [2.24, 2.45) is 5.41 Å². The molecule has 0 spiro atoms. The van der Waals surface area contributed by atoms with Crippen LogP contribution >= 0.6 is 0 Å². The van der Waals surface area contributed by atoms with E-state index in [1.54, 1.807) is 18.5 Å². The molecule has 0 saturated carbocycles. The Balaban J connectivity index is 1.65. The highest BCUT2D eigenvalue weighted by Crippen LogP contribution is 2.30. The lowest BCUT2D eigenvalue weighted by molar-refractivity contribution is 0.0696. The average molecular weight is 620 g/mol. The summed E-state index contributed by atoms with van der Waals surface area (Å²) in [6.45, 7) is 11.0. The lowest BCUT2D eigenvalue weighted by Crippen LogP contribution is -2.37. The van der Waals surface area contributed by atoms with E-state index in [0.717, 1.165) is 34.7 Å². The number of hydrogen-bond donors (Lipinski definition) is 4. The van der Waals surface area contributed by atoms with Crippen LogP contribution in [0.15, 0.2) is 65.8 Å². The molecule has 5 N–H and O–H groups in total. The molecule has 0 radical (unpaired) electrons. The molecule has 12 nitrogen and oxygen atoms in total. The summed E-state index contributed by atoms with van der Waals surface area (Å²) in [4.78, 5) is 28.2. The Hall–Kier alpha value is -4.62. The molecule has 4 rings (SSSR count). The summed E-state index contributed by atoms with van der Waals surface area (Å²) < 4.78 is 35.2. The van der Waals surface area contributed by atoms with Crippen LogP contribution in [0.5, 0.6) is 5.88 Å². The van der Waals surface area contributed by atoms with Crippen LogP contribution in [0.1, 0.15) is 54.2 Å². The third-order valence-electron chi connectivity index (χ3n) is 6.67. The quantitative estimate of drug-likeness (QED) is 0.174. The van der Waals surface area contributed by atoms with Gasteiger partial charge in [-0.25, -0.2) is 32.9 Å². The number of nitrogens with one attached hydrogen (secondary N) is 2. The van der Waals surface area contributed by atoms with Gasteiger partial charge in [-0.05, 0) is 55.0 Å². The summed E-state index contributed by atoms with van der Waals surface area (Å²) in [5.41, 5.74) is 9.46. The van der Waals surface area contributed by atoms with Crippen molar-refractivity contribution in [3.8, 4) is 17.1 Å². The Bertz CT molecular complexity index is 1720. The molecule has 4 aromatic rings. The smallest absolute Gasteiger partial charge is 0.335 e. The highest BCUT2D eigenvalue weighted by molar-refractivity contribution is 7.92. The highest BCUT2D eigenvalue weighted by atomic mass is 32.2. The number of nitrogens with two attached hydrogens (primary N) is 1. The molecule has 232 valence electrons. The van der Waals surface area contributed by atoms with Crippen molar-refractivity contribution in [1.29, 1.82) is 0 Å². The fourth-order valence-electron chi connectivity index (χ4n) is 4.70. The molecule has 44 heavy (non-hydrogen) atoms. The van der Waals surface area contributed by atoms with Crippen molar-refractivity contribution in [3.63, 3.8) is 0 Å². The van der Waals surface area contributed by atoms with Gasteiger partial charge >= 0.3 is 5.97 Å². The average Bonchev–Trinajstić information content (AvgIpc) is 2.94. The minimum Gasteiger partial charge on any atom is -0.478 e. The number of carboxylic acid groups (broad SMARTS) is 1. The van der Waals surface area contributed by atoms with E-state index in [2.05, 4.69) is 50.7 Å². The molecule has 0 aliphatic heterocycles. The number of carboxylic acids is 1. The topological polar surface area (TPSA) is 182 Å². The Kier molecular flexibility index (Phi) is 9.80. The second-order valence-corrected chi connectivity index (χ2v) is 13.4. The molecular weight excluding hydrogens is 582 g/mol. The summed E-state index contributed by atoms with van der Waals surface area (Å²) in [5.74, 6) is -1.08. The number of ether oxygens (including phenoxy) is 1. The van der Waals surface area contributed by atoms with Crippen molar-refractivity contribution in [2.45, 2.75) is 58.5 Å². The van der Waals surface area contributed by atoms with E-state index in [9.17, 15) is 18.3 Å². The fraction of sp³-hybridized carbons (Fsp3) is 0.323. The van der Waals surface area contributed by atoms with Gasteiger partial charge in [0.2, 0.25) is 17.8 Å². The Morgan fingerprint density at radius 2 is 1.68 bits per heavy atom. The number of aromatic nitrogens is 4. The van der Waals surface area contributed by atoms with Crippen LogP contribution in [0.25, 0.3) is 11.3 Å². The molecule has 0 amide bonds. The Morgan fingerprint density at radius 3 is 2.32 bits per heavy atom. The number of nitrogens with zero attached hydrogens (tertiary/aromatic N) is 4. The van der Waals surface area contributed by atoms with E-state index < -0.39 is 16.0 Å². The summed E-state index contributed by atoms with van der Waals surface area (Å²) in [6.07, 6.45) is 4.09. The zero-order valence-corrected chi connectivity index (χ0v) is 26.1. The minimum atomic E-state index is -4.23. The van der Waals surface area contributed by atoms with Gasteiger partial charge in [0.05, 0.1) is 16.2 Å². The highest BCUT2D eigenvalue weighted by Gasteiger charge is 2.22. The van der Waals surface area contributed by atoms with Crippen molar-refractivity contribution in [1.82, 2.24) is 25.3 Å². The van der Waals surface area contributed by atoms with E-state index in [1.807, 2.05) is 32.0 Å². The predicted molar refractivity (Wildman–Crippen MR) is 168 cm³/mol. The zero-order valence-electron chi connectivity index (χ0n) is 25.3. The first-order chi connectivity index (χ1) is 20.7. The summed E-state index contributed by atoms with van der Waals surface area (Å²) in [6, 6.07) is 12.4. The molecule has 0 aliphatic carbocycles. The van der Waals surface area contributed by atoms with Gasteiger partial charge in [0.25, 0.3) is 10.0 Å². The minimum absolute atomic E-state index is 0.0287. The van der Waals surface area contributed by atoms with Crippen LogP contribution in [0, 0.1) is 19.3 Å². The zero-order chi connectivity index (χ0) is 32.1. The first kappa shape index (κ1) is 32.3. The van der Waals surface area contributed by atoms with Gasteiger partial charge in [0.15, 0.2) is 0 Å². The molecule has 0 fully saturated rings. The van der Waals surface area contributed by atoms with Crippen LogP contribution in [0.2, 0.25) is 0 Å². The molecular formula is C31H37N7O5S. The molecule has 0 aliphatic rings. The maximum Gasteiger partial charge on any atom is 0.335 e. The standard InChI is InChI=1S/C31H37N7O5S/c1-19-8-6-9-20(2)27(19)25-13-26(37-30(36-25)38-44(41,42)24-11-7-10-22(12-24)28(39)40)43-18-23(14-31(3,4)5)33-15-21-16-34-29(32)35-17-21/h6-13,16-17,23,33H,14-15,18H2,1-5H3,(H,39,40)(H2,32,34,35)(H,36,37,38). The number of nitrogen functional groups attached to an aromatic ring is 1. The Morgan fingerprint density at radius 1 is 1.02 bits per heavy atom. The lowest BCUT2D eigenvalue weighted by Gasteiger charge is -2.27. The summed E-state index contributed by atoms with van der Waals surface area (Å²) >= 11 is 0. The van der Waals surface area contributed by atoms with Gasteiger partial charge in [-0.1, -0.05) is 45.0 Å². The number of hydrogen-bond acceptors (Lipinski definition) is 10. The van der Waals surface area contributed by atoms with E-state index >= 15 is 0 Å². The monoisotopic (exact) mass is 619 g/mol. The van der Waals surface area contributed by atoms with E-state index in [1.165, 1.54) is 18.2 Å². The van der Waals surface area contributed by atoms with E-state index in [4.69, 9.17) is 10.5 Å². The fourth-order valence-corrected chi connectivity index (χ4v) is 5.69. The van der Waals surface area contributed by atoms with Gasteiger partial charge < -0.3 is 20.9 Å². The van der Waals surface area contributed by atoms with Gasteiger partial charge in [-0.2, -0.15) is 4.98 Å². The first-order valence-electron chi connectivity index (χ1n) is 13.9. The molecule has 0 saturated heterocycles. The van der Waals surface area contributed by atoms with Crippen molar-refractivity contribution >= 4 is 27.9 Å². The van der Waals surface area contributed by atoms with Gasteiger partial charge in [0, 0.05) is 42.2 Å². The molecule has 13 heteroatoms. The van der Waals surface area contributed by atoms with Crippen molar-refractivity contribution < 1.29 is 23.1 Å². The SMILES string of the molecule is Cc1cccc(C)c1-c1cc(OCC(CC(C)(C)C)NCc2cnc(N)nc2)nc(NS(=O)(=O)c2cccc(C(=O)O)c2)n1. The first-order valence-corrected chi connectivity index (χ1v) is 15.4. The maximum absolute atomic E-state index is 13.3. The largest absolute Gasteiger partial charge is 0.478 e. The molecule has 2 aromatic carbocycles. The van der Waals surface area contributed by atoms with Crippen LogP contribution in [-0.4, -0.2) is 52.1 Å². The van der Waals surface area contributed by atoms with Gasteiger partial charge in [-0.3, -0.25) is 0 Å². The number of aryl methyl sites for hydroxylation is 2. The number of sulfonamides is 1. The van der Waals surface area contributed by atoms with E-state index in [0.29, 0.717) is 12.2 Å². The maximum atomic E-state index is 13.3. The van der Waals surface area contributed by atoms with Crippen LogP contribution < -0.4 is 20.5 Å². The second-order valence-electron chi connectivity index (χ2n) is 11.7. The van der Waals surface area contributed by atoms with Crippen LogP contribution in [-0.2, 0) is 16.6 Å². The number of rotatable bonds is 12. The number of anilines is 2. The van der Waals surface area contributed by atoms with Crippen LogP contribution in [0.4, 0.5) is 11.9 Å². The number of benzene rings is 2. The summed E-state index contributed by atoms with van der Waals surface area (Å²) in [7, 11) is -4.23. The molecule has 1 atom stereocenters. The van der Waals surface area contributed by atoms with Crippen molar-refractivity contribution in [3.05, 3.63) is 83.2 Å². The lowest BCUT2D eigenvalue weighted by atomic mass is 9.88. The number of carbonyl (C=O) groups is 1. The number of aromatic carboxylic acids is 1. The molecule has 0 bridgehead atoms. The normalized spacial score (nSPS) is 12.5. The molecule has 2 aromatic heterocycles. The van der Waals surface area contributed by atoms with Crippen molar-refractivity contribution in [2.75, 3.05) is 17.1 Å². The van der Waals surface area contributed by atoms with Gasteiger partial charge in [0.1, 0.15) is 6.61 Å². The third kappa shape index (κ3) is 8.71. The molecule has 2 heterocycles. The third-order valence-corrected chi connectivity index (χ3v) is 7.99. The summed E-state index contributed by atoms with van der Waals surface area (Å²) in [5, 5.41) is 12.8. The van der Waals surface area contributed by atoms with Gasteiger partial charge in [-0.15, -0.1) is 0 Å². The second kappa shape index (κ2) is 13.3. The Labute approximate surface area is 257 Å².